The third-order valence-corrected chi connectivity index (χ3v) is 4.70. The number of benzene rings is 2. The topological polar surface area (TPSA) is 20.3 Å². The van der Waals surface area contributed by atoms with E-state index in [-0.39, 0.29) is 17.4 Å². The molecule has 1 aliphatic rings. The average Bonchev–Trinajstić information content (AvgIpc) is 2.74. The second-order valence-corrected chi connectivity index (χ2v) is 5.56. The zero-order valence-corrected chi connectivity index (χ0v) is 11.9. The molecule has 1 unspecified atom stereocenters. The summed E-state index contributed by atoms with van der Waals surface area (Å²) in [6.45, 7) is 2.14. The molecule has 1 saturated heterocycles. The minimum Gasteiger partial charge on any atom is -0.342 e. The molecule has 1 aliphatic heterocycles. The summed E-state index contributed by atoms with van der Waals surface area (Å²) >= 11 is 0. The summed E-state index contributed by atoms with van der Waals surface area (Å²) in [5, 5.41) is 0. The van der Waals surface area contributed by atoms with Crippen LogP contribution in [0.15, 0.2) is 60.7 Å². The lowest BCUT2D eigenvalue weighted by atomic mass is 9.69. The molecule has 0 radical (unpaired) electrons. The molecule has 0 spiro atoms. The third kappa shape index (κ3) is 1.75. The van der Waals surface area contributed by atoms with E-state index in [2.05, 4.69) is 55.5 Å². The van der Waals surface area contributed by atoms with Crippen LogP contribution in [0.4, 0.5) is 0 Å². The Kier molecular flexibility index (Phi) is 3.09. The van der Waals surface area contributed by atoms with Crippen molar-refractivity contribution in [1.29, 1.82) is 0 Å². The van der Waals surface area contributed by atoms with Crippen LogP contribution in [0.5, 0.6) is 0 Å². The quantitative estimate of drug-likeness (QED) is 0.816. The van der Waals surface area contributed by atoms with Crippen LogP contribution in [0.2, 0.25) is 0 Å². The molecule has 2 aromatic carbocycles. The predicted octanol–water partition coefficient (Wildman–Crippen LogP) is 3.22. The zero-order chi connectivity index (χ0) is 14.2. The number of carbonyl (C=O) groups is 1. The summed E-state index contributed by atoms with van der Waals surface area (Å²) in [7, 11) is 1.90. The van der Waals surface area contributed by atoms with Crippen LogP contribution in [0, 0.1) is 0 Å². The van der Waals surface area contributed by atoms with Crippen molar-refractivity contribution < 1.29 is 4.79 Å². The molecule has 2 aromatic rings. The van der Waals surface area contributed by atoms with Gasteiger partial charge in [0.05, 0.1) is 0 Å². The van der Waals surface area contributed by atoms with Gasteiger partial charge in [-0.25, -0.2) is 0 Å². The van der Waals surface area contributed by atoms with Crippen molar-refractivity contribution in [2.24, 2.45) is 0 Å². The highest BCUT2D eigenvalue weighted by Crippen LogP contribution is 2.45. The molecule has 1 amide bonds. The van der Waals surface area contributed by atoms with Gasteiger partial charge < -0.3 is 4.90 Å². The Bertz CT molecular complexity index is 566. The lowest BCUT2D eigenvalue weighted by molar-refractivity contribution is -0.127. The minimum absolute atomic E-state index is 0.153. The standard InChI is InChI=1S/C18H19NO/c1-14-18(13-17(20)19(14)2,15-9-5-3-6-10-15)16-11-7-4-8-12-16/h3-12,14H,13H2,1-2H3. The largest absolute Gasteiger partial charge is 0.342 e. The fraction of sp³-hybridized carbons (Fsp3) is 0.278. The third-order valence-electron chi connectivity index (χ3n) is 4.70. The summed E-state index contributed by atoms with van der Waals surface area (Å²) in [4.78, 5) is 14.1. The van der Waals surface area contributed by atoms with Crippen LogP contribution < -0.4 is 0 Å². The number of amides is 1. The van der Waals surface area contributed by atoms with E-state index in [4.69, 9.17) is 0 Å². The maximum atomic E-state index is 12.3. The van der Waals surface area contributed by atoms with Gasteiger partial charge in [-0.1, -0.05) is 60.7 Å². The summed E-state index contributed by atoms with van der Waals surface area (Å²) in [5.41, 5.74) is 2.20. The molecule has 0 N–H and O–H groups in total. The minimum atomic E-state index is -0.242. The molecule has 0 aromatic heterocycles. The molecule has 102 valence electrons. The van der Waals surface area contributed by atoms with E-state index in [9.17, 15) is 4.79 Å². The van der Waals surface area contributed by atoms with E-state index in [0.717, 1.165) is 0 Å². The maximum Gasteiger partial charge on any atom is 0.223 e. The first kappa shape index (κ1) is 12.9. The summed E-state index contributed by atoms with van der Waals surface area (Å²) < 4.78 is 0. The number of likely N-dealkylation sites (tertiary alicyclic amines) is 1. The number of carbonyl (C=O) groups excluding carboxylic acids is 1. The highest BCUT2D eigenvalue weighted by atomic mass is 16.2. The van der Waals surface area contributed by atoms with E-state index < -0.39 is 0 Å². The Balaban J connectivity index is 2.22. The average molecular weight is 265 g/mol. The summed E-state index contributed by atoms with van der Waals surface area (Å²) in [6.07, 6.45) is 0.540. The smallest absolute Gasteiger partial charge is 0.223 e. The highest BCUT2D eigenvalue weighted by Gasteiger charge is 2.50. The number of likely N-dealkylation sites (N-methyl/N-ethyl adjacent to an activating group) is 1. The van der Waals surface area contributed by atoms with Gasteiger partial charge in [0.25, 0.3) is 0 Å². The van der Waals surface area contributed by atoms with Crippen LogP contribution in [-0.2, 0) is 10.2 Å². The Morgan fingerprint density at radius 3 is 1.75 bits per heavy atom. The van der Waals surface area contributed by atoms with Crippen LogP contribution in [-0.4, -0.2) is 23.9 Å². The van der Waals surface area contributed by atoms with Crippen molar-refractivity contribution in [3.63, 3.8) is 0 Å². The molecule has 1 heterocycles. The molecule has 0 aliphatic carbocycles. The Morgan fingerprint density at radius 1 is 0.950 bits per heavy atom. The van der Waals surface area contributed by atoms with E-state index in [1.54, 1.807) is 0 Å². The molecule has 2 heteroatoms. The number of hydrogen-bond acceptors (Lipinski definition) is 1. The predicted molar refractivity (Wildman–Crippen MR) is 80.5 cm³/mol. The monoisotopic (exact) mass is 265 g/mol. The summed E-state index contributed by atoms with van der Waals surface area (Å²) in [6, 6.07) is 20.9. The first-order valence-electron chi connectivity index (χ1n) is 7.03. The number of rotatable bonds is 2. The van der Waals surface area contributed by atoms with Gasteiger partial charge in [0, 0.05) is 24.9 Å². The molecule has 0 bridgehead atoms. The van der Waals surface area contributed by atoms with Crippen molar-refractivity contribution in [3.05, 3.63) is 71.8 Å². The van der Waals surface area contributed by atoms with Crippen LogP contribution >= 0.6 is 0 Å². The fourth-order valence-electron chi connectivity index (χ4n) is 3.38. The molecule has 3 rings (SSSR count). The second kappa shape index (κ2) is 4.78. The molecule has 1 atom stereocenters. The van der Waals surface area contributed by atoms with Crippen LogP contribution in [0.25, 0.3) is 0 Å². The van der Waals surface area contributed by atoms with Gasteiger partial charge in [-0.2, -0.15) is 0 Å². The molecule has 1 fully saturated rings. The Labute approximate surface area is 120 Å². The molecule has 0 saturated carbocycles. The van der Waals surface area contributed by atoms with Gasteiger partial charge in [0.1, 0.15) is 0 Å². The number of nitrogens with zero attached hydrogens (tertiary/aromatic N) is 1. The Morgan fingerprint density at radius 2 is 1.40 bits per heavy atom. The van der Waals surface area contributed by atoms with Gasteiger partial charge in [-0.05, 0) is 18.1 Å². The van der Waals surface area contributed by atoms with Crippen molar-refractivity contribution >= 4 is 5.91 Å². The highest BCUT2D eigenvalue weighted by molar-refractivity contribution is 5.83. The fourth-order valence-corrected chi connectivity index (χ4v) is 3.38. The van der Waals surface area contributed by atoms with Gasteiger partial charge in [0.2, 0.25) is 5.91 Å². The molecular weight excluding hydrogens is 246 g/mol. The van der Waals surface area contributed by atoms with E-state index >= 15 is 0 Å². The van der Waals surface area contributed by atoms with Gasteiger partial charge in [0.15, 0.2) is 0 Å². The molecule has 20 heavy (non-hydrogen) atoms. The van der Waals surface area contributed by atoms with Crippen molar-refractivity contribution in [2.45, 2.75) is 24.8 Å². The van der Waals surface area contributed by atoms with Gasteiger partial charge >= 0.3 is 0 Å². The van der Waals surface area contributed by atoms with Gasteiger partial charge in [-0.3, -0.25) is 4.79 Å². The van der Waals surface area contributed by atoms with Crippen LogP contribution in [0.1, 0.15) is 24.5 Å². The van der Waals surface area contributed by atoms with Gasteiger partial charge in [-0.15, -0.1) is 0 Å². The Hall–Kier alpha value is -2.09. The normalized spacial score (nSPS) is 21.2. The van der Waals surface area contributed by atoms with Crippen LogP contribution in [0.3, 0.4) is 0 Å². The van der Waals surface area contributed by atoms with Crippen molar-refractivity contribution in [1.82, 2.24) is 4.90 Å². The second-order valence-electron chi connectivity index (χ2n) is 5.56. The van der Waals surface area contributed by atoms with Crippen molar-refractivity contribution in [3.8, 4) is 0 Å². The number of hydrogen-bond donors (Lipinski definition) is 0. The van der Waals surface area contributed by atoms with Crippen molar-refractivity contribution in [2.75, 3.05) is 7.05 Å². The lowest BCUT2D eigenvalue weighted by Crippen LogP contribution is -2.40. The molecule has 2 nitrogen and oxygen atoms in total. The lowest BCUT2D eigenvalue weighted by Gasteiger charge is -2.35. The zero-order valence-electron chi connectivity index (χ0n) is 11.9. The van der Waals surface area contributed by atoms with E-state index in [1.165, 1.54) is 11.1 Å². The van der Waals surface area contributed by atoms with E-state index in [1.807, 2.05) is 24.1 Å². The summed E-state index contributed by atoms with van der Waals surface area (Å²) in [5.74, 6) is 0.213. The maximum absolute atomic E-state index is 12.3. The van der Waals surface area contributed by atoms with E-state index in [0.29, 0.717) is 6.42 Å². The first-order valence-corrected chi connectivity index (χ1v) is 7.03. The molecular formula is C18H19NO. The SMILES string of the molecule is CC1N(C)C(=O)CC1(c1ccccc1)c1ccccc1. The first-order chi connectivity index (χ1) is 9.66.